The summed E-state index contributed by atoms with van der Waals surface area (Å²) >= 11 is 1.87. The number of fused-ring (bicyclic) bond motifs is 10. The van der Waals surface area contributed by atoms with Gasteiger partial charge in [-0.2, -0.15) is 0 Å². The van der Waals surface area contributed by atoms with Crippen LogP contribution >= 0.6 is 11.3 Å². The number of thiophene rings is 1. The Morgan fingerprint density at radius 3 is 1.86 bits per heavy atom. The molecule has 57 heavy (non-hydrogen) atoms. The topological polar surface area (TPSA) is 16.4 Å². The van der Waals surface area contributed by atoms with E-state index >= 15 is 0 Å². The van der Waals surface area contributed by atoms with Crippen molar-refractivity contribution in [1.29, 1.82) is 0 Å². The Balaban J connectivity index is 1.17. The molecular weight excluding hydrogens is 711 g/mol. The molecule has 266 valence electrons. The van der Waals surface area contributed by atoms with Gasteiger partial charge >= 0.3 is 0 Å². The molecule has 2 heterocycles. The third-order valence-corrected chi connectivity index (χ3v) is 12.9. The van der Waals surface area contributed by atoms with Crippen molar-refractivity contribution < 1.29 is 4.42 Å². The van der Waals surface area contributed by atoms with Gasteiger partial charge in [-0.05, 0) is 80.0 Å². The standard InChI is InChI=1S/C54H33NOS/c1-2-14-36-33-37(28-27-34(36)13-1)51-44-19-5-3-15-40(44)41-16-4-6-20-45(41)52(51)55(48-24-12-22-46-42-17-7-9-25-49(42)56-53(46)48)38-31-29-35(30-32-38)39-21-11-23-47-43-18-8-10-26-50(43)57-54(39)47/h1-33H. The van der Waals surface area contributed by atoms with Crippen LogP contribution in [0.5, 0.6) is 0 Å². The van der Waals surface area contributed by atoms with E-state index in [9.17, 15) is 0 Å². The average Bonchev–Trinajstić information content (AvgIpc) is 3.86. The summed E-state index contributed by atoms with van der Waals surface area (Å²) in [7, 11) is 0. The molecular formula is C54H33NOS. The van der Waals surface area contributed by atoms with Crippen molar-refractivity contribution in [2.24, 2.45) is 0 Å². The van der Waals surface area contributed by atoms with E-state index < -0.39 is 0 Å². The molecule has 0 saturated heterocycles. The fourth-order valence-corrected chi connectivity index (χ4v) is 10.3. The van der Waals surface area contributed by atoms with Gasteiger partial charge in [0.1, 0.15) is 5.58 Å². The second kappa shape index (κ2) is 12.7. The van der Waals surface area contributed by atoms with Crippen LogP contribution in [0.3, 0.4) is 0 Å². The monoisotopic (exact) mass is 743 g/mol. The van der Waals surface area contributed by atoms with Crippen LogP contribution < -0.4 is 4.90 Å². The van der Waals surface area contributed by atoms with Crippen LogP contribution in [0.2, 0.25) is 0 Å². The summed E-state index contributed by atoms with van der Waals surface area (Å²) in [6, 6.07) is 72.8. The predicted molar refractivity (Wildman–Crippen MR) is 245 cm³/mol. The molecule has 0 aliphatic heterocycles. The van der Waals surface area contributed by atoms with Crippen LogP contribution in [0.25, 0.3) is 96.7 Å². The fourth-order valence-electron chi connectivity index (χ4n) is 9.05. The fraction of sp³-hybridized carbons (Fsp3) is 0. The molecule has 0 N–H and O–H groups in total. The van der Waals surface area contributed by atoms with Crippen LogP contribution in [-0.2, 0) is 0 Å². The molecule has 12 aromatic rings. The molecule has 0 unspecified atom stereocenters. The molecule has 0 radical (unpaired) electrons. The van der Waals surface area contributed by atoms with E-state index in [1.807, 2.05) is 17.4 Å². The van der Waals surface area contributed by atoms with Gasteiger partial charge in [0.05, 0.1) is 11.4 Å². The van der Waals surface area contributed by atoms with Gasteiger partial charge in [0.25, 0.3) is 0 Å². The first-order valence-corrected chi connectivity index (χ1v) is 20.2. The van der Waals surface area contributed by atoms with Gasteiger partial charge < -0.3 is 9.32 Å². The molecule has 0 amide bonds. The van der Waals surface area contributed by atoms with Crippen LogP contribution in [0.1, 0.15) is 0 Å². The summed E-state index contributed by atoms with van der Waals surface area (Å²) < 4.78 is 9.47. The van der Waals surface area contributed by atoms with Crippen molar-refractivity contribution in [3.8, 4) is 22.3 Å². The smallest absolute Gasteiger partial charge is 0.159 e. The van der Waals surface area contributed by atoms with Crippen LogP contribution in [0.15, 0.2) is 205 Å². The Bertz CT molecular complexity index is 3540. The first kappa shape index (κ1) is 32.1. The van der Waals surface area contributed by atoms with E-state index in [-0.39, 0.29) is 0 Å². The summed E-state index contributed by atoms with van der Waals surface area (Å²) in [6.45, 7) is 0. The molecule has 0 saturated carbocycles. The van der Waals surface area contributed by atoms with Crippen molar-refractivity contribution in [2.75, 3.05) is 4.90 Å². The minimum absolute atomic E-state index is 0.861. The zero-order valence-corrected chi connectivity index (χ0v) is 31.6. The van der Waals surface area contributed by atoms with Crippen molar-refractivity contribution in [1.82, 2.24) is 0 Å². The predicted octanol–water partition coefficient (Wildman–Crippen LogP) is 16.2. The van der Waals surface area contributed by atoms with E-state index in [4.69, 9.17) is 4.42 Å². The number of furan rings is 1. The van der Waals surface area contributed by atoms with E-state index in [0.717, 1.165) is 39.0 Å². The van der Waals surface area contributed by atoms with E-state index in [2.05, 4.69) is 199 Å². The van der Waals surface area contributed by atoms with Gasteiger partial charge in [0.2, 0.25) is 0 Å². The lowest BCUT2D eigenvalue weighted by Gasteiger charge is -2.30. The third kappa shape index (κ3) is 4.96. The summed E-state index contributed by atoms with van der Waals surface area (Å²) in [4.78, 5) is 2.45. The molecule has 0 spiro atoms. The summed E-state index contributed by atoms with van der Waals surface area (Å²) in [5.41, 5.74) is 9.69. The van der Waals surface area contributed by atoms with Gasteiger partial charge in [-0.25, -0.2) is 0 Å². The van der Waals surface area contributed by atoms with Gasteiger partial charge in [0.15, 0.2) is 5.58 Å². The molecule has 0 fully saturated rings. The summed E-state index contributed by atoms with van der Waals surface area (Å²) in [5, 5.41) is 12.1. The van der Waals surface area contributed by atoms with Crippen molar-refractivity contribution >= 4 is 103 Å². The first-order valence-electron chi connectivity index (χ1n) is 19.4. The molecule has 12 rings (SSSR count). The Morgan fingerprint density at radius 1 is 0.404 bits per heavy atom. The van der Waals surface area contributed by atoms with Crippen molar-refractivity contribution in [3.63, 3.8) is 0 Å². The van der Waals surface area contributed by atoms with Gasteiger partial charge in [-0.3, -0.25) is 0 Å². The maximum Gasteiger partial charge on any atom is 0.159 e. The number of benzene rings is 10. The first-order chi connectivity index (χ1) is 28.3. The Labute approximate surface area is 333 Å². The molecule has 0 atom stereocenters. The minimum atomic E-state index is 0.861. The highest BCUT2D eigenvalue weighted by molar-refractivity contribution is 7.26. The van der Waals surface area contributed by atoms with E-state index in [1.54, 1.807) is 0 Å². The zero-order valence-electron chi connectivity index (χ0n) is 30.8. The molecule has 0 aliphatic rings. The van der Waals surface area contributed by atoms with Crippen LogP contribution in [-0.4, -0.2) is 0 Å². The molecule has 2 aromatic heterocycles. The Kier molecular flexibility index (Phi) is 7.13. The van der Waals surface area contributed by atoms with Crippen molar-refractivity contribution in [2.45, 2.75) is 0 Å². The second-order valence-electron chi connectivity index (χ2n) is 14.8. The number of rotatable bonds is 5. The highest BCUT2D eigenvalue weighted by Gasteiger charge is 2.26. The molecule has 2 nitrogen and oxygen atoms in total. The number of hydrogen-bond donors (Lipinski definition) is 0. The summed E-state index contributed by atoms with van der Waals surface area (Å²) in [5.74, 6) is 0. The maximum absolute atomic E-state index is 6.84. The van der Waals surface area contributed by atoms with E-state index in [1.165, 1.54) is 74.7 Å². The van der Waals surface area contributed by atoms with Gasteiger partial charge in [0, 0.05) is 47.6 Å². The van der Waals surface area contributed by atoms with Crippen LogP contribution in [0.4, 0.5) is 17.1 Å². The van der Waals surface area contributed by atoms with Crippen LogP contribution in [0, 0.1) is 0 Å². The Morgan fingerprint density at radius 2 is 1.02 bits per heavy atom. The molecule has 3 heteroatoms. The maximum atomic E-state index is 6.84. The lowest BCUT2D eigenvalue weighted by atomic mass is 9.89. The lowest BCUT2D eigenvalue weighted by Crippen LogP contribution is -2.12. The quantitative estimate of drug-likeness (QED) is 0.163. The van der Waals surface area contributed by atoms with E-state index in [0.29, 0.717) is 0 Å². The zero-order chi connectivity index (χ0) is 37.5. The Hall–Kier alpha value is -7.20. The number of nitrogens with zero attached hydrogens (tertiary/aromatic N) is 1. The average molecular weight is 744 g/mol. The van der Waals surface area contributed by atoms with Gasteiger partial charge in [-0.15, -0.1) is 11.3 Å². The third-order valence-electron chi connectivity index (χ3n) is 11.6. The number of anilines is 3. The highest BCUT2D eigenvalue weighted by Crippen LogP contribution is 2.52. The normalized spacial score (nSPS) is 11.9. The number of hydrogen-bond acceptors (Lipinski definition) is 3. The molecule has 0 bridgehead atoms. The summed E-state index contributed by atoms with van der Waals surface area (Å²) in [6.07, 6.45) is 0. The van der Waals surface area contributed by atoms with Gasteiger partial charge in [-0.1, -0.05) is 164 Å². The molecule has 0 aliphatic carbocycles. The lowest BCUT2D eigenvalue weighted by molar-refractivity contribution is 0.669. The van der Waals surface area contributed by atoms with Crippen molar-refractivity contribution in [3.05, 3.63) is 200 Å². The SMILES string of the molecule is c1ccc2cc(-c3c(N(c4ccc(-c5cccc6c5sc5ccccc56)cc4)c4cccc5c4oc4ccccc45)c4ccccc4c4ccccc34)ccc2c1. The number of para-hydroxylation sites is 2. The largest absolute Gasteiger partial charge is 0.454 e. The minimum Gasteiger partial charge on any atom is -0.454 e. The molecule has 10 aromatic carbocycles. The second-order valence-corrected chi connectivity index (χ2v) is 15.8. The highest BCUT2D eigenvalue weighted by atomic mass is 32.1.